The van der Waals surface area contributed by atoms with Crippen molar-refractivity contribution in [3.63, 3.8) is 0 Å². The molecule has 31 heavy (non-hydrogen) atoms. The lowest BCUT2D eigenvalue weighted by atomic mass is 10.2. The fourth-order valence-corrected chi connectivity index (χ4v) is 4.94. The number of hydrogen-bond donors (Lipinski definition) is 2. The molecule has 1 saturated heterocycles. The van der Waals surface area contributed by atoms with Crippen molar-refractivity contribution in [2.75, 3.05) is 13.1 Å². The maximum atomic E-state index is 12.8. The Labute approximate surface area is 180 Å². The number of carbonyl (C=O) groups is 2. The second-order valence-corrected chi connectivity index (χ2v) is 8.62. The summed E-state index contributed by atoms with van der Waals surface area (Å²) in [7, 11) is 1.79. The Morgan fingerprint density at radius 3 is 2.84 bits per heavy atom. The number of carbonyl (C=O) groups excluding carboxylic acids is 1. The zero-order chi connectivity index (χ0) is 21.7. The number of amides is 1. The predicted octanol–water partition coefficient (Wildman–Crippen LogP) is 3.49. The van der Waals surface area contributed by atoms with Crippen molar-refractivity contribution < 1.29 is 24.5 Å². The number of β-amino-alcohol motifs (C(OH)–C–C–N with tert-alkyl or cyclic N) is 1. The summed E-state index contributed by atoms with van der Waals surface area (Å²) in [6.07, 6.45) is 3.33. The molecular formula is C22H19N3O5S. The third-order valence-electron chi connectivity index (χ3n) is 5.46. The maximum Gasteiger partial charge on any atom is 0.337 e. The molecule has 3 aromatic heterocycles. The summed E-state index contributed by atoms with van der Waals surface area (Å²) in [5.41, 5.74) is 1.65. The number of aromatic carboxylic acids is 1. The summed E-state index contributed by atoms with van der Waals surface area (Å²) in [5.74, 6) is 0.0398. The molecule has 1 aliphatic heterocycles. The zero-order valence-corrected chi connectivity index (χ0v) is 17.4. The lowest BCUT2D eigenvalue weighted by Crippen LogP contribution is -2.28. The quantitative estimate of drug-likeness (QED) is 0.506. The van der Waals surface area contributed by atoms with Gasteiger partial charge in [-0.3, -0.25) is 9.78 Å². The molecule has 1 unspecified atom stereocenters. The molecule has 1 aromatic carbocycles. The molecule has 0 aliphatic carbocycles. The molecule has 1 atom stereocenters. The number of carboxylic acid groups (broad SMARTS) is 1. The Kier molecular flexibility index (Phi) is 4.64. The van der Waals surface area contributed by atoms with E-state index in [-0.39, 0.29) is 11.5 Å². The Bertz CT molecular complexity index is 1340. The number of aryl methyl sites for hydroxylation is 1. The lowest BCUT2D eigenvalue weighted by molar-refractivity contribution is 0.0698. The second kappa shape index (κ2) is 7.36. The number of aliphatic hydroxyl groups is 1. The number of nitrogens with zero attached hydrogens (tertiary/aromatic N) is 3. The number of pyridine rings is 1. The van der Waals surface area contributed by atoms with Gasteiger partial charge in [-0.05, 0) is 24.6 Å². The van der Waals surface area contributed by atoms with Crippen LogP contribution in [-0.2, 0) is 7.05 Å². The van der Waals surface area contributed by atoms with Crippen LogP contribution in [0.15, 0.2) is 42.7 Å². The number of hydrogen-bond acceptors (Lipinski definition) is 6. The third kappa shape index (κ3) is 3.41. The SMILES string of the molecule is Cn1cc(C(=O)O)c2ccc(Oc3ccnc4cc(C(=O)N5CCC(O)C5)sc34)cc21. The number of thiophene rings is 1. The van der Waals surface area contributed by atoms with Gasteiger partial charge in [0, 0.05) is 50.0 Å². The van der Waals surface area contributed by atoms with Gasteiger partial charge in [-0.1, -0.05) is 0 Å². The molecular weight excluding hydrogens is 418 g/mol. The van der Waals surface area contributed by atoms with Gasteiger partial charge in [-0.25, -0.2) is 4.79 Å². The number of fused-ring (bicyclic) bond motifs is 2. The molecule has 1 aliphatic rings. The predicted molar refractivity (Wildman–Crippen MR) is 116 cm³/mol. The van der Waals surface area contributed by atoms with Gasteiger partial charge in [-0.15, -0.1) is 11.3 Å². The van der Waals surface area contributed by atoms with E-state index in [1.807, 2.05) is 0 Å². The van der Waals surface area contributed by atoms with Crippen molar-refractivity contribution in [1.82, 2.24) is 14.5 Å². The van der Waals surface area contributed by atoms with Gasteiger partial charge in [0.05, 0.1) is 32.3 Å². The maximum absolute atomic E-state index is 12.8. The first-order chi connectivity index (χ1) is 14.9. The highest BCUT2D eigenvalue weighted by molar-refractivity contribution is 7.21. The molecule has 4 heterocycles. The van der Waals surface area contributed by atoms with Crippen LogP contribution in [0.25, 0.3) is 21.1 Å². The van der Waals surface area contributed by atoms with Crippen LogP contribution in [0.5, 0.6) is 11.5 Å². The third-order valence-corrected chi connectivity index (χ3v) is 6.58. The van der Waals surface area contributed by atoms with Crippen LogP contribution >= 0.6 is 11.3 Å². The van der Waals surface area contributed by atoms with Crippen molar-refractivity contribution in [1.29, 1.82) is 0 Å². The van der Waals surface area contributed by atoms with Crippen LogP contribution in [0, 0.1) is 0 Å². The minimum absolute atomic E-state index is 0.114. The first-order valence-corrected chi connectivity index (χ1v) is 10.6. The summed E-state index contributed by atoms with van der Waals surface area (Å²) in [6, 6.07) is 8.74. The van der Waals surface area contributed by atoms with E-state index < -0.39 is 12.1 Å². The van der Waals surface area contributed by atoms with Gasteiger partial charge < -0.3 is 24.4 Å². The number of carboxylic acids is 1. The number of ether oxygens (including phenoxy) is 1. The zero-order valence-electron chi connectivity index (χ0n) is 16.6. The van der Waals surface area contributed by atoms with Gasteiger partial charge in [0.25, 0.3) is 5.91 Å². The number of likely N-dealkylation sites (tertiary alicyclic amines) is 1. The molecule has 5 rings (SSSR count). The van der Waals surface area contributed by atoms with E-state index in [1.54, 1.807) is 59.2 Å². The summed E-state index contributed by atoms with van der Waals surface area (Å²) in [6.45, 7) is 0.888. The first kappa shape index (κ1) is 19.5. The normalized spacial score (nSPS) is 16.3. The van der Waals surface area contributed by atoms with Crippen LogP contribution in [0.1, 0.15) is 26.5 Å². The van der Waals surface area contributed by atoms with Crippen molar-refractivity contribution in [3.05, 3.63) is 53.2 Å². The summed E-state index contributed by atoms with van der Waals surface area (Å²) in [4.78, 5) is 30.8. The van der Waals surface area contributed by atoms with E-state index in [9.17, 15) is 19.8 Å². The standard InChI is InChI=1S/C22H19N3O5S/c1-24-11-15(22(28)29)14-3-2-13(8-17(14)24)30-18-4-6-23-16-9-19(31-20(16)18)21(27)25-7-5-12(26)10-25/h2-4,6,8-9,11-12,26H,5,7,10H2,1H3,(H,28,29). The first-order valence-electron chi connectivity index (χ1n) is 9.77. The van der Waals surface area contributed by atoms with E-state index in [1.165, 1.54) is 11.3 Å². The number of aliphatic hydroxyl groups excluding tert-OH is 1. The molecule has 8 nitrogen and oxygen atoms in total. The van der Waals surface area contributed by atoms with Crippen LogP contribution in [0.4, 0.5) is 0 Å². The van der Waals surface area contributed by atoms with Crippen molar-refractivity contribution in [2.24, 2.45) is 7.05 Å². The molecule has 0 radical (unpaired) electrons. The van der Waals surface area contributed by atoms with E-state index in [0.717, 1.165) is 10.2 Å². The van der Waals surface area contributed by atoms with Crippen molar-refractivity contribution in [3.8, 4) is 11.5 Å². The van der Waals surface area contributed by atoms with Crippen molar-refractivity contribution in [2.45, 2.75) is 12.5 Å². The van der Waals surface area contributed by atoms with Gasteiger partial charge >= 0.3 is 5.97 Å². The Balaban J connectivity index is 1.48. The molecule has 0 spiro atoms. The Morgan fingerprint density at radius 2 is 2.10 bits per heavy atom. The minimum Gasteiger partial charge on any atom is -0.478 e. The molecule has 1 fully saturated rings. The van der Waals surface area contributed by atoms with Crippen LogP contribution in [0.3, 0.4) is 0 Å². The summed E-state index contributed by atoms with van der Waals surface area (Å²) < 4.78 is 8.61. The van der Waals surface area contributed by atoms with E-state index in [2.05, 4.69) is 4.98 Å². The van der Waals surface area contributed by atoms with E-state index in [4.69, 9.17) is 4.74 Å². The van der Waals surface area contributed by atoms with E-state index in [0.29, 0.717) is 46.8 Å². The number of aromatic nitrogens is 2. The minimum atomic E-state index is -0.976. The highest BCUT2D eigenvalue weighted by Crippen LogP contribution is 2.36. The molecule has 0 bridgehead atoms. The Hall–Kier alpha value is -3.43. The van der Waals surface area contributed by atoms with Gasteiger partial charge in [0.15, 0.2) is 0 Å². The highest BCUT2D eigenvalue weighted by Gasteiger charge is 2.27. The molecule has 2 N–H and O–H groups in total. The monoisotopic (exact) mass is 437 g/mol. The van der Waals surface area contributed by atoms with Crippen LogP contribution in [0.2, 0.25) is 0 Å². The average Bonchev–Trinajstić information content (AvgIpc) is 3.45. The fraction of sp³-hybridized carbons (Fsp3) is 0.227. The van der Waals surface area contributed by atoms with E-state index >= 15 is 0 Å². The van der Waals surface area contributed by atoms with Crippen molar-refractivity contribution >= 4 is 44.3 Å². The molecule has 158 valence electrons. The average molecular weight is 437 g/mol. The molecule has 4 aromatic rings. The summed E-state index contributed by atoms with van der Waals surface area (Å²) >= 11 is 1.31. The van der Waals surface area contributed by atoms with Gasteiger partial charge in [0.1, 0.15) is 11.5 Å². The fourth-order valence-electron chi connectivity index (χ4n) is 3.91. The topological polar surface area (TPSA) is 105 Å². The van der Waals surface area contributed by atoms with Crippen LogP contribution < -0.4 is 4.74 Å². The largest absolute Gasteiger partial charge is 0.478 e. The highest BCUT2D eigenvalue weighted by atomic mass is 32.1. The molecule has 0 saturated carbocycles. The molecule has 9 heteroatoms. The summed E-state index contributed by atoms with van der Waals surface area (Å²) in [5, 5.41) is 19.7. The smallest absolute Gasteiger partial charge is 0.337 e. The number of benzene rings is 1. The van der Waals surface area contributed by atoms with Gasteiger partial charge in [0.2, 0.25) is 0 Å². The number of rotatable bonds is 4. The molecule has 1 amide bonds. The second-order valence-electron chi connectivity index (χ2n) is 7.57. The van der Waals surface area contributed by atoms with Crippen LogP contribution in [-0.4, -0.2) is 55.7 Å². The Morgan fingerprint density at radius 1 is 1.26 bits per heavy atom. The lowest BCUT2D eigenvalue weighted by Gasteiger charge is -2.13. The van der Waals surface area contributed by atoms with Gasteiger partial charge in [-0.2, -0.15) is 0 Å².